The van der Waals surface area contributed by atoms with Crippen LogP contribution in [0.4, 0.5) is 0 Å². The van der Waals surface area contributed by atoms with Gasteiger partial charge in [-0.25, -0.2) is 0 Å². The summed E-state index contributed by atoms with van der Waals surface area (Å²) in [7, 11) is 0. The summed E-state index contributed by atoms with van der Waals surface area (Å²) < 4.78 is 6.19. The van der Waals surface area contributed by atoms with Crippen LogP contribution in [-0.4, -0.2) is 24.3 Å². The first kappa shape index (κ1) is 12.9. The van der Waals surface area contributed by atoms with Crippen molar-refractivity contribution in [3.63, 3.8) is 0 Å². The Labute approximate surface area is 112 Å². The zero-order valence-corrected chi connectivity index (χ0v) is 11.8. The van der Waals surface area contributed by atoms with Gasteiger partial charge in [0.2, 0.25) is 0 Å². The molecule has 3 aliphatic rings. The van der Waals surface area contributed by atoms with Crippen LogP contribution in [0.5, 0.6) is 0 Å². The lowest BCUT2D eigenvalue weighted by molar-refractivity contribution is -0.110. The summed E-state index contributed by atoms with van der Waals surface area (Å²) in [6.45, 7) is 0.990. The van der Waals surface area contributed by atoms with Crippen molar-refractivity contribution < 1.29 is 4.74 Å². The Balaban J connectivity index is 1.52. The summed E-state index contributed by atoms with van der Waals surface area (Å²) >= 11 is 0. The lowest BCUT2D eigenvalue weighted by Gasteiger charge is -2.44. The lowest BCUT2D eigenvalue weighted by atomic mass is 9.78. The van der Waals surface area contributed by atoms with Crippen molar-refractivity contribution in [2.24, 2.45) is 0 Å². The Bertz CT molecular complexity index is 248. The molecule has 0 aromatic rings. The van der Waals surface area contributed by atoms with Crippen molar-refractivity contribution in [2.75, 3.05) is 6.61 Å². The molecule has 18 heavy (non-hydrogen) atoms. The predicted octanol–water partition coefficient (Wildman–Crippen LogP) is 3.79. The van der Waals surface area contributed by atoms with Crippen molar-refractivity contribution in [2.45, 2.75) is 94.7 Å². The van der Waals surface area contributed by atoms with Crippen LogP contribution in [0, 0.1) is 0 Å². The van der Waals surface area contributed by atoms with E-state index in [-0.39, 0.29) is 5.60 Å². The average Bonchev–Trinajstić information content (AvgIpc) is 2.41. The molecule has 1 spiro atoms. The molecular weight excluding hydrogens is 222 g/mol. The Kier molecular flexibility index (Phi) is 4.25. The number of ether oxygens (including phenoxy) is 1. The second-order valence-electron chi connectivity index (χ2n) is 6.78. The first-order chi connectivity index (χ1) is 8.86. The molecule has 104 valence electrons. The van der Waals surface area contributed by atoms with E-state index >= 15 is 0 Å². The molecule has 0 aromatic carbocycles. The first-order valence-corrected chi connectivity index (χ1v) is 8.26. The molecule has 1 saturated heterocycles. The van der Waals surface area contributed by atoms with E-state index in [0.29, 0.717) is 0 Å². The summed E-state index contributed by atoms with van der Waals surface area (Å²) in [5, 5.41) is 3.95. The van der Waals surface area contributed by atoms with Crippen molar-refractivity contribution in [1.29, 1.82) is 0 Å². The molecular formula is C16H29NO. The third-order valence-corrected chi connectivity index (χ3v) is 5.33. The fourth-order valence-corrected chi connectivity index (χ4v) is 4.32. The van der Waals surface area contributed by atoms with Crippen LogP contribution in [0.15, 0.2) is 0 Å². The third kappa shape index (κ3) is 3.08. The van der Waals surface area contributed by atoms with E-state index in [2.05, 4.69) is 5.32 Å². The molecule has 3 rings (SSSR count). The molecule has 0 amide bonds. The number of nitrogens with one attached hydrogen (secondary N) is 1. The molecule has 0 bridgehead atoms. The van der Waals surface area contributed by atoms with Crippen LogP contribution in [0.25, 0.3) is 0 Å². The van der Waals surface area contributed by atoms with E-state index < -0.39 is 0 Å². The van der Waals surface area contributed by atoms with Crippen molar-refractivity contribution in [3.05, 3.63) is 0 Å². The maximum absolute atomic E-state index is 6.19. The van der Waals surface area contributed by atoms with E-state index in [9.17, 15) is 0 Å². The highest BCUT2D eigenvalue weighted by molar-refractivity contribution is 4.93. The minimum atomic E-state index is 0.267. The van der Waals surface area contributed by atoms with Gasteiger partial charge in [0.1, 0.15) is 0 Å². The molecule has 1 unspecified atom stereocenters. The van der Waals surface area contributed by atoms with Crippen LogP contribution >= 0.6 is 0 Å². The van der Waals surface area contributed by atoms with Gasteiger partial charge in [-0.1, -0.05) is 38.5 Å². The van der Waals surface area contributed by atoms with Gasteiger partial charge in [0.05, 0.1) is 5.60 Å². The maximum atomic E-state index is 6.19. The van der Waals surface area contributed by atoms with Crippen LogP contribution in [0.1, 0.15) is 77.0 Å². The Hall–Kier alpha value is -0.0800. The number of rotatable bonds is 2. The Morgan fingerprint density at radius 3 is 2.28 bits per heavy atom. The van der Waals surface area contributed by atoms with Crippen LogP contribution < -0.4 is 5.32 Å². The standard InChI is InChI=1S/C16H29NO/c1-3-7-14(8-4-1)17-15-9-12-18-16(13-15)10-5-2-6-11-16/h14-15,17H,1-13H2. The number of hydrogen-bond donors (Lipinski definition) is 1. The highest BCUT2D eigenvalue weighted by Gasteiger charge is 2.38. The monoisotopic (exact) mass is 251 g/mol. The zero-order valence-electron chi connectivity index (χ0n) is 11.8. The second-order valence-corrected chi connectivity index (χ2v) is 6.78. The summed E-state index contributed by atoms with van der Waals surface area (Å²) in [4.78, 5) is 0. The zero-order chi connectivity index (χ0) is 12.3. The Morgan fingerprint density at radius 1 is 0.778 bits per heavy atom. The van der Waals surface area contributed by atoms with Gasteiger partial charge in [-0.3, -0.25) is 0 Å². The predicted molar refractivity (Wildman–Crippen MR) is 74.8 cm³/mol. The molecule has 3 fully saturated rings. The average molecular weight is 251 g/mol. The molecule has 1 N–H and O–H groups in total. The van der Waals surface area contributed by atoms with E-state index in [1.807, 2.05) is 0 Å². The normalized spacial score (nSPS) is 33.7. The van der Waals surface area contributed by atoms with E-state index in [4.69, 9.17) is 4.74 Å². The van der Waals surface area contributed by atoms with Gasteiger partial charge in [0, 0.05) is 18.7 Å². The van der Waals surface area contributed by atoms with Crippen molar-refractivity contribution in [3.8, 4) is 0 Å². The fourth-order valence-electron chi connectivity index (χ4n) is 4.32. The Morgan fingerprint density at radius 2 is 1.50 bits per heavy atom. The fraction of sp³-hybridized carbons (Fsp3) is 1.00. The molecule has 1 atom stereocenters. The van der Waals surface area contributed by atoms with Crippen molar-refractivity contribution in [1.82, 2.24) is 5.32 Å². The molecule has 1 aliphatic heterocycles. The topological polar surface area (TPSA) is 21.3 Å². The van der Waals surface area contributed by atoms with Gasteiger partial charge < -0.3 is 10.1 Å². The largest absolute Gasteiger partial charge is 0.375 e. The van der Waals surface area contributed by atoms with Gasteiger partial charge in [-0.15, -0.1) is 0 Å². The summed E-state index contributed by atoms with van der Waals surface area (Å²) in [5.41, 5.74) is 0.267. The van der Waals surface area contributed by atoms with Crippen molar-refractivity contribution >= 4 is 0 Å². The molecule has 0 aromatic heterocycles. The molecule has 1 heterocycles. The van der Waals surface area contributed by atoms with Crippen LogP contribution in [0.3, 0.4) is 0 Å². The number of hydrogen-bond acceptors (Lipinski definition) is 2. The SMILES string of the molecule is C1CCC(NC2CCOC3(CCCCC3)C2)CC1. The minimum Gasteiger partial charge on any atom is -0.375 e. The molecule has 2 nitrogen and oxygen atoms in total. The van der Waals surface area contributed by atoms with Gasteiger partial charge in [-0.2, -0.15) is 0 Å². The lowest BCUT2D eigenvalue weighted by Crippen LogP contribution is -2.50. The van der Waals surface area contributed by atoms with Gasteiger partial charge in [0.15, 0.2) is 0 Å². The summed E-state index contributed by atoms with van der Waals surface area (Å²) in [6, 6.07) is 1.54. The van der Waals surface area contributed by atoms with E-state index in [0.717, 1.165) is 18.7 Å². The van der Waals surface area contributed by atoms with E-state index in [1.54, 1.807) is 0 Å². The summed E-state index contributed by atoms with van der Waals surface area (Å²) in [5.74, 6) is 0. The molecule has 0 radical (unpaired) electrons. The first-order valence-electron chi connectivity index (χ1n) is 8.26. The van der Waals surface area contributed by atoms with E-state index in [1.165, 1.54) is 77.0 Å². The minimum absolute atomic E-state index is 0.267. The highest BCUT2D eigenvalue weighted by atomic mass is 16.5. The van der Waals surface area contributed by atoms with Gasteiger partial charge >= 0.3 is 0 Å². The molecule has 2 saturated carbocycles. The maximum Gasteiger partial charge on any atom is 0.0697 e. The summed E-state index contributed by atoms with van der Waals surface area (Å²) in [6.07, 6.45) is 16.5. The van der Waals surface area contributed by atoms with Gasteiger partial charge in [-0.05, 0) is 38.5 Å². The quantitative estimate of drug-likeness (QED) is 0.806. The third-order valence-electron chi connectivity index (χ3n) is 5.33. The second kappa shape index (κ2) is 5.92. The van der Waals surface area contributed by atoms with Crippen LogP contribution in [-0.2, 0) is 4.74 Å². The molecule has 2 heteroatoms. The smallest absolute Gasteiger partial charge is 0.0697 e. The van der Waals surface area contributed by atoms with Crippen LogP contribution in [0.2, 0.25) is 0 Å². The highest BCUT2D eigenvalue weighted by Crippen LogP contribution is 2.38. The molecule has 2 aliphatic carbocycles. The van der Waals surface area contributed by atoms with Gasteiger partial charge in [0.25, 0.3) is 0 Å².